The first kappa shape index (κ1) is 13.7. The molecule has 17 heavy (non-hydrogen) atoms. The Bertz CT molecular complexity index is 483. The van der Waals surface area contributed by atoms with Crippen LogP contribution in [0.4, 0.5) is 5.69 Å². The summed E-state index contributed by atoms with van der Waals surface area (Å²) in [5.74, 6) is 6.96. The number of hydrogen-bond acceptors (Lipinski definition) is 3. The van der Waals surface area contributed by atoms with Gasteiger partial charge >= 0.3 is 0 Å². The number of benzene rings is 1. The molecular weight excluding hydrogens is 230 g/mol. The minimum absolute atomic E-state index is 0.145. The Hall–Kier alpha value is -1.40. The average Bonchev–Trinajstić information content (AvgIpc) is 2.28. The fourth-order valence-electron chi connectivity index (χ4n) is 1.38. The van der Waals surface area contributed by atoms with Gasteiger partial charge in [0.15, 0.2) is 5.12 Å². The number of nitrogens with two attached hydrogens (primary N) is 1. The van der Waals surface area contributed by atoms with E-state index in [0.29, 0.717) is 0 Å². The molecule has 0 radical (unpaired) electrons. The van der Waals surface area contributed by atoms with E-state index < -0.39 is 0 Å². The van der Waals surface area contributed by atoms with Crippen LogP contribution in [0.1, 0.15) is 30.0 Å². The van der Waals surface area contributed by atoms with Gasteiger partial charge in [-0.25, -0.2) is 0 Å². The first-order chi connectivity index (χ1) is 8.02. The van der Waals surface area contributed by atoms with Crippen LogP contribution in [-0.4, -0.2) is 10.9 Å². The second kappa shape index (κ2) is 6.36. The van der Waals surface area contributed by atoms with E-state index in [-0.39, 0.29) is 5.12 Å². The quantitative estimate of drug-likeness (QED) is 0.496. The summed E-state index contributed by atoms with van der Waals surface area (Å²) in [6.45, 7) is 5.60. The molecule has 0 saturated heterocycles. The predicted molar refractivity (Wildman–Crippen MR) is 75.0 cm³/mol. The van der Waals surface area contributed by atoms with E-state index in [1.54, 1.807) is 6.92 Å². The normalized spacial score (nSPS) is 9.59. The van der Waals surface area contributed by atoms with E-state index in [1.165, 1.54) is 11.8 Å². The summed E-state index contributed by atoms with van der Waals surface area (Å²) in [6.07, 6.45) is 0.729. The van der Waals surface area contributed by atoms with Crippen LogP contribution >= 0.6 is 11.8 Å². The van der Waals surface area contributed by atoms with Crippen LogP contribution in [0.25, 0.3) is 0 Å². The number of nitrogen functional groups attached to an aromatic ring is 1. The molecule has 1 aromatic carbocycles. The Kier molecular flexibility index (Phi) is 5.11. The molecule has 0 aromatic heterocycles. The lowest BCUT2D eigenvalue weighted by Crippen LogP contribution is -1.94. The largest absolute Gasteiger partial charge is 0.399 e. The van der Waals surface area contributed by atoms with Crippen molar-refractivity contribution in [1.82, 2.24) is 0 Å². The van der Waals surface area contributed by atoms with Gasteiger partial charge in [0.25, 0.3) is 0 Å². The van der Waals surface area contributed by atoms with Crippen molar-refractivity contribution in [3.8, 4) is 11.8 Å². The van der Waals surface area contributed by atoms with E-state index >= 15 is 0 Å². The minimum atomic E-state index is 0.145. The van der Waals surface area contributed by atoms with Crippen molar-refractivity contribution in [1.29, 1.82) is 0 Å². The molecule has 0 heterocycles. The Labute approximate surface area is 107 Å². The lowest BCUT2D eigenvalue weighted by molar-refractivity contribution is -0.109. The third-order valence-corrected chi connectivity index (χ3v) is 3.40. The Morgan fingerprint density at radius 2 is 2.06 bits per heavy atom. The first-order valence-corrected chi connectivity index (χ1v) is 6.49. The number of hydrogen-bond donors (Lipinski definition) is 1. The maximum atomic E-state index is 10.7. The van der Waals surface area contributed by atoms with Crippen molar-refractivity contribution in [3.63, 3.8) is 0 Å². The van der Waals surface area contributed by atoms with Crippen LogP contribution in [0.15, 0.2) is 12.1 Å². The highest BCUT2D eigenvalue weighted by Gasteiger charge is 2.01. The molecule has 0 aliphatic rings. The van der Waals surface area contributed by atoms with Gasteiger partial charge in [-0.2, -0.15) is 0 Å². The van der Waals surface area contributed by atoms with Gasteiger partial charge in [0, 0.05) is 30.3 Å². The second-order valence-electron chi connectivity index (χ2n) is 3.84. The van der Waals surface area contributed by atoms with Gasteiger partial charge in [-0.3, -0.25) is 4.79 Å². The van der Waals surface area contributed by atoms with Gasteiger partial charge in [-0.05, 0) is 37.1 Å². The van der Waals surface area contributed by atoms with Gasteiger partial charge in [0.1, 0.15) is 0 Å². The number of thioether (sulfide) groups is 1. The van der Waals surface area contributed by atoms with Crippen molar-refractivity contribution in [3.05, 3.63) is 28.8 Å². The van der Waals surface area contributed by atoms with Crippen LogP contribution in [0.2, 0.25) is 0 Å². The number of carbonyl (C=O) groups is 1. The highest BCUT2D eigenvalue weighted by molar-refractivity contribution is 8.13. The fraction of sp³-hybridized carbons (Fsp3) is 0.357. The maximum Gasteiger partial charge on any atom is 0.185 e. The molecule has 2 nitrogen and oxygen atoms in total. The Morgan fingerprint density at radius 3 is 2.71 bits per heavy atom. The molecule has 2 N–H and O–H groups in total. The summed E-state index contributed by atoms with van der Waals surface area (Å²) in [5, 5.41) is 0.145. The lowest BCUT2D eigenvalue weighted by Gasteiger charge is -2.05. The predicted octanol–water partition coefficient (Wildman–Crippen LogP) is 2.91. The molecule has 90 valence electrons. The average molecular weight is 247 g/mol. The van der Waals surface area contributed by atoms with Crippen molar-refractivity contribution in [2.75, 3.05) is 11.5 Å². The number of anilines is 1. The van der Waals surface area contributed by atoms with Crippen LogP contribution in [0.3, 0.4) is 0 Å². The van der Waals surface area contributed by atoms with Gasteiger partial charge in [0.2, 0.25) is 0 Å². The van der Waals surface area contributed by atoms with Crippen molar-refractivity contribution in [2.45, 2.75) is 27.2 Å². The molecule has 0 spiro atoms. The molecule has 0 aliphatic heterocycles. The van der Waals surface area contributed by atoms with Gasteiger partial charge < -0.3 is 5.73 Å². The molecule has 0 amide bonds. The fourth-order valence-corrected chi connectivity index (χ4v) is 1.87. The zero-order valence-corrected chi connectivity index (χ0v) is 11.3. The molecule has 0 bridgehead atoms. The van der Waals surface area contributed by atoms with E-state index in [1.807, 2.05) is 26.0 Å². The maximum absolute atomic E-state index is 10.7. The van der Waals surface area contributed by atoms with Crippen LogP contribution in [0, 0.1) is 25.7 Å². The summed E-state index contributed by atoms with van der Waals surface area (Å²) in [4.78, 5) is 10.7. The van der Waals surface area contributed by atoms with Crippen LogP contribution in [0.5, 0.6) is 0 Å². The van der Waals surface area contributed by atoms with Gasteiger partial charge in [0.05, 0.1) is 0 Å². The van der Waals surface area contributed by atoms with Crippen molar-refractivity contribution in [2.24, 2.45) is 0 Å². The Morgan fingerprint density at radius 1 is 1.35 bits per heavy atom. The van der Waals surface area contributed by atoms with Crippen molar-refractivity contribution >= 4 is 22.6 Å². The summed E-state index contributed by atoms with van der Waals surface area (Å²) >= 11 is 1.31. The molecule has 0 atom stereocenters. The zero-order valence-electron chi connectivity index (χ0n) is 10.5. The van der Waals surface area contributed by atoms with E-state index in [4.69, 9.17) is 5.73 Å². The number of rotatable bonds is 2. The standard InChI is InChI=1S/C14H17NOS/c1-10-11(2)14(15)8-7-13(10)6-4-5-9-17-12(3)16/h7-8H,5,9,15H2,1-3H3. The van der Waals surface area contributed by atoms with E-state index in [2.05, 4.69) is 11.8 Å². The molecule has 3 heteroatoms. The van der Waals surface area contributed by atoms with Gasteiger partial charge in [-0.15, -0.1) is 0 Å². The molecule has 0 saturated carbocycles. The number of carbonyl (C=O) groups excluding carboxylic acids is 1. The molecular formula is C14H17NOS. The highest BCUT2D eigenvalue weighted by atomic mass is 32.2. The lowest BCUT2D eigenvalue weighted by atomic mass is 10.0. The van der Waals surface area contributed by atoms with E-state index in [0.717, 1.165) is 34.6 Å². The van der Waals surface area contributed by atoms with E-state index in [9.17, 15) is 4.79 Å². The smallest absolute Gasteiger partial charge is 0.185 e. The van der Waals surface area contributed by atoms with Gasteiger partial charge in [-0.1, -0.05) is 23.6 Å². The SMILES string of the molecule is CC(=O)SCCC#Cc1ccc(N)c(C)c1C. The molecule has 0 aliphatic carbocycles. The molecule has 0 fully saturated rings. The zero-order chi connectivity index (χ0) is 12.8. The third kappa shape index (κ3) is 4.16. The minimum Gasteiger partial charge on any atom is -0.399 e. The monoisotopic (exact) mass is 247 g/mol. The highest BCUT2D eigenvalue weighted by Crippen LogP contribution is 2.18. The molecule has 1 aromatic rings. The topological polar surface area (TPSA) is 43.1 Å². The van der Waals surface area contributed by atoms with Crippen LogP contribution in [-0.2, 0) is 4.79 Å². The van der Waals surface area contributed by atoms with Crippen LogP contribution < -0.4 is 5.73 Å². The first-order valence-electron chi connectivity index (χ1n) is 5.50. The molecule has 1 rings (SSSR count). The summed E-state index contributed by atoms with van der Waals surface area (Å²) in [7, 11) is 0. The van der Waals surface area contributed by atoms with Crippen molar-refractivity contribution < 1.29 is 4.79 Å². The molecule has 0 unspecified atom stereocenters. The summed E-state index contributed by atoms with van der Waals surface area (Å²) < 4.78 is 0. The Balaban J connectivity index is 2.66. The summed E-state index contributed by atoms with van der Waals surface area (Å²) in [6, 6.07) is 3.83. The second-order valence-corrected chi connectivity index (χ2v) is 5.12. The summed E-state index contributed by atoms with van der Waals surface area (Å²) in [5.41, 5.74) is 9.86. The third-order valence-electron chi connectivity index (χ3n) is 2.58.